The third-order valence-corrected chi connectivity index (χ3v) is 16.9. The van der Waals surface area contributed by atoms with Gasteiger partial charge in [0.25, 0.3) is 0 Å². The lowest BCUT2D eigenvalue weighted by molar-refractivity contribution is -0.246. The Morgan fingerprint density at radius 1 is 0.808 bits per heavy atom. The number of hydrogen-bond acceptors (Lipinski definition) is 5. The van der Waals surface area contributed by atoms with Crippen LogP contribution in [0.5, 0.6) is 0 Å². The van der Waals surface area contributed by atoms with Crippen LogP contribution in [0.4, 0.5) is 0 Å². The van der Waals surface area contributed by atoms with E-state index in [1.165, 1.54) is 31.3 Å². The molecule has 52 heavy (non-hydrogen) atoms. The summed E-state index contributed by atoms with van der Waals surface area (Å²) in [6.07, 6.45) is 17.6. The highest BCUT2D eigenvalue weighted by Crippen LogP contribution is 2.77. The number of nitrogens with one attached hydrogen (secondary N) is 2. The van der Waals surface area contributed by atoms with Crippen LogP contribution in [0, 0.1) is 56.7 Å². The predicted molar refractivity (Wildman–Crippen MR) is 208 cm³/mol. The van der Waals surface area contributed by atoms with Gasteiger partial charge in [0.2, 0.25) is 11.8 Å². The first-order valence-electron chi connectivity index (χ1n) is 21.3. The number of aliphatic carboxylic acids is 1. The van der Waals surface area contributed by atoms with Gasteiger partial charge in [-0.25, -0.2) is 4.79 Å². The summed E-state index contributed by atoms with van der Waals surface area (Å²) < 4.78 is 0. The van der Waals surface area contributed by atoms with Gasteiger partial charge in [0.15, 0.2) is 0 Å². The van der Waals surface area contributed by atoms with E-state index in [9.17, 15) is 24.6 Å². The molecule has 8 nitrogen and oxygen atoms in total. The van der Waals surface area contributed by atoms with E-state index in [1.807, 2.05) is 0 Å². The maximum Gasteiger partial charge on any atom is 0.326 e. The van der Waals surface area contributed by atoms with Crippen molar-refractivity contribution in [2.45, 2.75) is 176 Å². The Morgan fingerprint density at radius 2 is 1.52 bits per heavy atom. The van der Waals surface area contributed by atoms with Crippen LogP contribution >= 0.6 is 0 Å². The van der Waals surface area contributed by atoms with E-state index in [0.29, 0.717) is 61.9 Å². The van der Waals surface area contributed by atoms with Crippen molar-refractivity contribution in [2.24, 2.45) is 62.4 Å². The van der Waals surface area contributed by atoms with E-state index in [0.717, 1.165) is 77.0 Å². The zero-order valence-electron chi connectivity index (χ0n) is 33.8. The Morgan fingerprint density at radius 3 is 2.21 bits per heavy atom. The van der Waals surface area contributed by atoms with Crippen molar-refractivity contribution >= 4 is 17.8 Å². The molecule has 6 N–H and O–H groups in total. The van der Waals surface area contributed by atoms with Crippen molar-refractivity contribution in [3.8, 4) is 0 Å². The molecule has 0 heterocycles. The molecule has 0 spiro atoms. The summed E-state index contributed by atoms with van der Waals surface area (Å²) in [6, 6.07) is -0.841. The minimum Gasteiger partial charge on any atom is -0.480 e. The Balaban J connectivity index is 1.16. The van der Waals surface area contributed by atoms with Crippen molar-refractivity contribution in [1.29, 1.82) is 0 Å². The number of fused-ring (bicyclic) bond motifs is 7. The molecule has 0 bridgehead atoms. The Hall–Kier alpha value is -1.93. The second-order valence-corrected chi connectivity index (χ2v) is 19.7. The highest BCUT2D eigenvalue weighted by Gasteiger charge is 2.71. The zero-order chi connectivity index (χ0) is 38.1. The van der Waals surface area contributed by atoms with Crippen LogP contribution in [-0.4, -0.2) is 53.2 Å². The van der Waals surface area contributed by atoms with Crippen LogP contribution < -0.4 is 16.4 Å². The van der Waals surface area contributed by atoms with E-state index < -0.39 is 12.0 Å². The molecule has 0 aromatic heterocycles. The second kappa shape index (κ2) is 16.0. The van der Waals surface area contributed by atoms with Gasteiger partial charge < -0.3 is 26.6 Å². The molecular formula is C44H75N3O5. The molecule has 11 atom stereocenters. The fourth-order valence-electron chi connectivity index (χ4n) is 13.9. The molecule has 0 aromatic carbocycles. The van der Waals surface area contributed by atoms with Crippen molar-refractivity contribution in [2.75, 3.05) is 13.1 Å². The largest absolute Gasteiger partial charge is 0.480 e. The normalized spacial score (nSPS) is 39.6. The number of carbonyl (C=O) groups excluding carboxylic acids is 2. The molecule has 0 aliphatic heterocycles. The number of rotatable bonds is 16. The number of carboxylic acids is 1. The third-order valence-electron chi connectivity index (χ3n) is 16.9. The summed E-state index contributed by atoms with van der Waals surface area (Å²) in [6.45, 7) is 20.4. The van der Waals surface area contributed by atoms with E-state index >= 15 is 0 Å². The minimum atomic E-state index is -0.989. The number of allylic oxidation sites excluding steroid dienone is 1. The van der Waals surface area contributed by atoms with Gasteiger partial charge in [0, 0.05) is 13.0 Å². The van der Waals surface area contributed by atoms with Crippen molar-refractivity contribution in [3.05, 3.63) is 12.2 Å². The van der Waals surface area contributed by atoms with E-state index in [1.54, 1.807) is 0 Å². The van der Waals surface area contributed by atoms with Crippen molar-refractivity contribution in [3.63, 3.8) is 0 Å². The quantitative estimate of drug-likeness (QED) is 0.0803. The highest BCUT2D eigenvalue weighted by atomic mass is 16.4. The standard InChI is InChI=1S/C44H75N3O5/c1-29(2)30-19-24-44(39(52)46-28-14-10-8-9-11-16-36(49)47-32(38(50)51)15-12-13-27-45)26-25-42(6)31(37(30)44)17-18-34-41(5)22-21-35(48)40(3,4)33(41)20-23-43(34,42)7/h30-35,37,48H,1,8-28,45H2,2-7H3,(H,46,52)(H,47,49)(H,50,51)/t30-,31+,32-,33-,34+,35-,37+,41-,42+,43+,44-/m0/s1. The summed E-state index contributed by atoms with van der Waals surface area (Å²) in [5.74, 6) is 1.58. The lowest BCUT2D eigenvalue weighted by Gasteiger charge is -2.72. The average molecular weight is 726 g/mol. The molecule has 0 aromatic rings. The number of aliphatic hydroxyl groups is 1. The number of carbonyl (C=O) groups is 3. The second-order valence-electron chi connectivity index (χ2n) is 19.7. The summed E-state index contributed by atoms with van der Waals surface area (Å²) >= 11 is 0. The molecule has 2 amide bonds. The maximum atomic E-state index is 14.4. The monoisotopic (exact) mass is 726 g/mol. The first-order valence-corrected chi connectivity index (χ1v) is 21.3. The highest BCUT2D eigenvalue weighted by molar-refractivity contribution is 5.84. The Labute approximate surface area is 315 Å². The first kappa shape index (κ1) is 41.2. The van der Waals surface area contributed by atoms with Gasteiger partial charge in [-0.2, -0.15) is 0 Å². The molecule has 5 rings (SSSR count). The van der Waals surface area contributed by atoms with Gasteiger partial charge in [-0.1, -0.05) is 66.0 Å². The predicted octanol–water partition coefficient (Wildman–Crippen LogP) is 8.16. The zero-order valence-corrected chi connectivity index (χ0v) is 33.8. The fourth-order valence-corrected chi connectivity index (χ4v) is 13.9. The Kier molecular flexibility index (Phi) is 12.7. The van der Waals surface area contributed by atoms with Crippen LogP contribution in [0.15, 0.2) is 12.2 Å². The van der Waals surface area contributed by atoms with Gasteiger partial charge in [0.05, 0.1) is 11.5 Å². The number of aliphatic hydroxyl groups excluding tert-OH is 1. The summed E-state index contributed by atoms with van der Waals surface area (Å²) in [7, 11) is 0. The lowest BCUT2D eigenvalue weighted by atomic mass is 9.32. The topological polar surface area (TPSA) is 142 Å². The molecule has 5 fully saturated rings. The summed E-state index contributed by atoms with van der Waals surface area (Å²) in [5.41, 5.74) is 7.09. The van der Waals surface area contributed by atoms with Gasteiger partial charge in [0.1, 0.15) is 6.04 Å². The smallest absolute Gasteiger partial charge is 0.326 e. The van der Waals surface area contributed by atoms with Gasteiger partial charge in [-0.3, -0.25) is 9.59 Å². The van der Waals surface area contributed by atoms with Crippen LogP contribution in [0.25, 0.3) is 0 Å². The van der Waals surface area contributed by atoms with Crippen LogP contribution in [0.1, 0.15) is 164 Å². The number of amides is 2. The molecular weight excluding hydrogens is 651 g/mol. The molecule has 5 aliphatic rings. The van der Waals surface area contributed by atoms with Gasteiger partial charge in [-0.05, 0) is 161 Å². The number of carboxylic acid groups (broad SMARTS) is 1. The van der Waals surface area contributed by atoms with E-state index in [-0.39, 0.29) is 45.0 Å². The summed E-state index contributed by atoms with van der Waals surface area (Å²) in [4.78, 5) is 38.3. The summed E-state index contributed by atoms with van der Waals surface area (Å²) in [5, 5.41) is 26.6. The van der Waals surface area contributed by atoms with E-state index in [2.05, 4.69) is 58.8 Å². The number of hydrogen-bond donors (Lipinski definition) is 5. The lowest BCUT2D eigenvalue weighted by Crippen LogP contribution is -2.67. The average Bonchev–Trinajstić information content (AvgIpc) is 3.49. The van der Waals surface area contributed by atoms with Crippen molar-refractivity contribution in [1.82, 2.24) is 10.6 Å². The molecule has 8 heteroatoms. The van der Waals surface area contributed by atoms with Crippen LogP contribution in [-0.2, 0) is 14.4 Å². The number of unbranched alkanes of at least 4 members (excludes halogenated alkanes) is 5. The number of nitrogens with two attached hydrogens (primary N) is 1. The molecule has 0 radical (unpaired) electrons. The first-order chi connectivity index (χ1) is 24.5. The molecule has 0 unspecified atom stereocenters. The molecule has 0 saturated heterocycles. The van der Waals surface area contributed by atoms with Crippen molar-refractivity contribution < 1.29 is 24.6 Å². The van der Waals surface area contributed by atoms with Crippen LogP contribution in [0.2, 0.25) is 0 Å². The molecule has 296 valence electrons. The SMILES string of the molecule is C=C(C)[C@@H]1CC[C@]2(C(=O)NCCCCCCCC(=O)N[C@@H](CCCCN)C(=O)O)CC[C@]3(C)[C@H](CC[C@@H]4[C@@]5(C)CC[C@H](O)C(C)(C)[C@@H]5CC[C@]43C)[C@@H]12. The van der Waals surface area contributed by atoms with Gasteiger partial charge >= 0.3 is 5.97 Å². The molecule has 5 aliphatic carbocycles. The Bertz CT molecular complexity index is 1320. The van der Waals surface area contributed by atoms with Gasteiger partial charge in [-0.15, -0.1) is 0 Å². The third kappa shape index (κ3) is 7.27. The van der Waals surface area contributed by atoms with E-state index in [4.69, 9.17) is 5.73 Å². The fraction of sp³-hybridized carbons (Fsp3) is 0.886. The minimum absolute atomic E-state index is 0.0450. The maximum absolute atomic E-state index is 14.4. The molecule has 5 saturated carbocycles. The van der Waals surface area contributed by atoms with Crippen LogP contribution in [0.3, 0.4) is 0 Å².